The molecule has 202 valence electrons. The first-order valence-electron chi connectivity index (χ1n) is 13.1. The number of carbonyl (C=O) groups is 4. The van der Waals surface area contributed by atoms with Gasteiger partial charge in [0.2, 0.25) is 11.8 Å². The van der Waals surface area contributed by atoms with Crippen molar-refractivity contribution >= 4 is 61.1 Å². The lowest BCUT2D eigenvalue weighted by Crippen LogP contribution is -2.56. The highest BCUT2D eigenvalue weighted by molar-refractivity contribution is 9.10. The van der Waals surface area contributed by atoms with E-state index in [0.717, 1.165) is 22.3 Å². The molecule has 1 saturated heterocycles. The third-order valence-corrected chi connectivity index (χ3v) is 11.1. The third kappa shape index (κ3) is 3.53. The van der Waals surface area contributed by atoms with Gasteiger partial charge in [-0.3, -0.25) is 14.4 Å². The molecule has 41 heavy (non-hydrogen) atoms. The Kier molecular flexibility index (Phi) is 5.92. The number of Topliss-reactive ketones (excluding diaryl/α,β-unsaturated/α-hetero) is 1. The molecule has 1 heterocycles. The summed E-state index contributed by atoms with van der Waals surface area (Å²) in [5.74, 6) is -2.98. The van der Waals surface area contributed by atoms with Gasteiger partial charge in [-0.05, 0) is 46.5 Å². The smallest absolute Gasteiger partial charge is 0.338 e. The maximum Gasteiger partial charge on any atom is 0.338 e. The highest BCUT2D eigenvalue weighted by atomic mass is 79.9. The van der Waals surface area contributed by atoms with Crippen LogP contribution in [0.3, 0.4) is 0 Å². The number of alkyl halides is 2. The fourth-order valence-electron chi connectivity index (χ4n) is 6.59. The van der Waals surface area contributed by atoms with E-state index in [1.54, 1.807) is 42.5 Å². The minimum Gasteiger partial charge on any atom is -0.454 e. The van der Waals surface area contributed by atoms with E-state index in [1.165, 1.54) is 17.0 Å². The van der Waals surface area contributed by atoms with Gasteiger partial charge < -0.3 is 4.74 Å². The molecule has 0 unspecified atom stereocenters. The van der Waals surface area contributed by atoms with Gasteiger partial charge in [0.1, 0.15) is 0 Å². The summed E-state index contributed by atoms with van der Waals surface area (Å²) < 4.78 is 3.46. The molecule has 4 aromatic carbocycles. The molecule has 2 bridgehead atoms. The molecular formula is C33H21Br2NO5. The van der Waals surface area contributed by atoms with Crippen molar-refractivity contribution in [1.29, 1.82) is 0 Å². The molecule has 2 atom stereocenters. The standard InChI is InChI=1S/C33H21Br2NO5/c34-32-22-10-4-5-11-23(22)33(35,25-13-7-6-12-24(25)32)28-27(32)29(38)36(30(28)39)21-16-14-20(15-17-21)31(40)41-18-26(37)19-8-2-1-3-9-19/h1-17,27-28H,18H2/t27-,28-,32?,33?/m0/s1. The Bertz CT molecular complexity index is 1650. The first-order chi connectivity index (χ1) is 19.8. The number of carbonyl (C=O) groups excluding carboxylic acids is 4. The number of hydrogen-bond acceptors (Lipinski definition) is 5. The Hall–Kier alpha value is -3.88. The van der Waals surface area contributed by atoms with Gasteiger partial charge in [0.05, 0.1) is 31.7 Å². The summed E-state index contributed by atoms with van der Waals surface area (Å²) in [6, 6.07) is 30.5. The average Bonchev–Trinajstić information content (AvgIpc) is 3.29. The number of imide groups is 1. The van der Waals surface area contributed by atoms with E-state index in [9.17, 15) is 19.2 Å². The van der Waals surface area contributed by atoms with E-state index >= 15 is 0 Å². The Morgan fingerprint density at radius 3 is 1.54 bits per heavy atom. The zero-order chi connectivity index (χ0) is 28.5. The van der Waals surface area contributed by atoms with Gasteiger partial charge in [0.25, 0.3) is 0 Å². The van der Waals surface area contributed by atoms with Gasteiger partial charge >= 0.3 is 5.97 Å². The fraction of sp³-hybridized carbons (Fsp3) is 0.152. The summed E-state index contributed by atoms with van der Waals surface area (Å²) in [7, 11) is 0. The number of nitrogens with zero attached hydrogens (tertiary/aromatic N) is 1. The van der Waals surface area contributed by atoms with E-state index in [0.29, 0.717) is 11.3 Å². The number of esters is 1. The molecule has 0 N–H and O–H groups in total. The van der Waals surface area contributed by atoms with Crippen molar-refractivity contribution in [2.45, 2.75) is 8.65 Å². The summed E-state index contributed by atoms with van der Waals surface area (Å²) in [4.78, 5) is 54.5. The van der Waals surface area contributed by atoms with E-state index < -0.39 is 33.1 Å². The normalized spacial score (nSPS) is 25.4. The third-order valence-electron chi connectivity index (χ3n) is 8.38. The Balaban J connectivity index is 1.20. The van der Waals surface area contributed by atoms with Crippen LogP contribution in [0.25, 0.3) is 0 Å². The predicted molar refractivity (Wildman–Crippen MR) is 159 cm³/mol. The van der Waals surface area contributed by atoms with Gasteiger partial charge in [-0.15, -0.1) is 0 Å². The topological polar surface area (TPSA) is 80.8 Å². The second kappa shape index (κ2) is 9.33. The van der Waals surface area contributed by atoms with Crippen LogP contribution < -0.4 is 4.90 Å². The zero-order valence-corrected chi connectivity index (χ0v) is 24.6. The van der Waals surface area contributed by atoms with Crippen molar-refractivity contribution in [3.63, 3.8) is 0 Å². The number of rotatable bonds is 5. The van der Waals surface area contributed by atoms with Crippen LogP contribution in [0.5, 0.6) is 0 Å². The molecule has 0 aromatic heterocycles. The van der Waals surface area contributed by atoms with E-state index in [2.05, 4.69) is 31.9 Å². The lowest BCUT2D eigenvalue weighted by molar-refractivity contribution is -0.122. The van der Waals surface area contributed by atoms with Crippen molar-refractivity contribution < 1.29 is 23.9 Å². The number of anilines is 1. The maximum absolute atomic E-state index is 14.2. The first-order valence-corrected chi connectivity index (χ1v) is 14.7. The van der Waals surface area contributed by atoms with Gasteiger partial charge in [-0.1, -0.05) is 111 Å². The number of benzene rings is 4. The SMILES string of the molecule is O=C(COC(=O)c1ccc(N2C(=O)[C@@H]3[C@@H](C2=O)C2(Br)c4ccccc4C3(Br)c3ccccc32)cc1)c1ccccc1. The van der Waals surface area contributed by atoms with Gasteiger partial charge in [-0.2, -0.15) is 0 Å². The van der Waals surface area contributed by atoms with Crippen molar-refractivity contribution in [2.75, 3.05) is 11.5 Å². The predicted octanol–water partition coefficient (Wildman–Crippen LogP) is 6.14. The van der Waals surface area contributed by atoms with Gasteiger partial charge in [0, 0.05) is 5.56 Å². The molecule has 0 saturated carbocycles. The Labute approximate surface area is 252 Å². The molecule has 6 nitrogen and oxygen atoms in total. The summed E-state index contributed by atoms with van der Waals surface area (Å²) >= 11 is 7.99. The van der Waals surface area contributed by atoms with Crippen LogP contribution in [0.15, 0.2) is 103 Å². The van der Waals surface area contributed by atoms with Gasteiger partial charge in [0.15, 0.2) is 12.4 Å². The van der Waals surface area contributed by atoms with Crippen LogP contribution in [-0.2, 0) is 23.0 Å². The molecular weight excluding hydrogens is 650 g/mol. The molecule has 1 aliphatic heterocycles. The second-order valence-corrected chi connectivity index (χ2v) is 12.9. The number of ketones is 1. The summed E-state index contributed by atoms with van der Waals surface area (Å²) in [5, 5.41) is 0. The second-order valence-electron chi connectivity index (χ2n) is 10.4. The fourth-order valence-corrected chi connectivity index (χ4v) is 8.89. The minimum absolute atomic E-state index is 0.208. The molecule has 0 spiro atoms. The summed E-state index contributed by atoms with van der Waals surface area (Å²) in [6.07, 6.45) is 0. The van der Waals surface area contributed by atoms with Crippen molar-refractivity contribution in [3.05, 3.63) is 137 Å². The molecule has 4 aromatic rings. The van der Waals surface area contributed by atoms with Gasteiger partial charge in [-0.25, -0.2) is 9.69 Å². The van der Waals surface area contributed by atoms with E-state index in [-0.39, 0.29) is 23.2 Å². The molecule has 2 amide bonds. The van der Waals surface area contributed by atoms with E-state index in [1.807, 2.05) is 48.5 Å². The lowest BCUT2D eigenvalue weighted by Gasteiger charge is -2.55. The quantitative estimate of drug-likeness (QED) is 0.110. The molecule has 4 aliphatic rings. The zero-order valence-electron chi connectivity index (χ0n) is 21.4. The minimum atomic E-state index is -0.878. The number of halogens is 2. The van der Waals surface area contributed by atoms with E-state index in [4.69, 9.17) is 4.74 Å². The maximum atomic E-state index is 14.2. The summed E-state index contributed by atoms with van der Waals surface area (Å²) in [6.45, 7) is -0.390. The number of amides is 2. The highest BCUT2D eigenvalue weighted by Crippen LogP contribution is 2.70. The highest BCUT2D eigenvalue weighted by Gasteiger charge is 2.72. The molecule has 8 rings (SSSR count). The lowest BCUT2D eigenvalue weighted by atomic mass is 9.54. The largest absolute Gasteiger partial charge is 0.454 e. The van der Waals surface area contributed by atoms with Crippen molar-refractivity contribution in [2.24, 2.45) is 11.8 Å². The van der Waals surface area contributed by atoms with Crippen LogP contribution in [-0.4, -0.2) is 30.2 Å². The monoisotopic (exact) mass is 669 g/mol. The number of hydrogen-bond donors (Lipinski definition) is 0. The van der Waals surface area contributed by atoms with Crippen LogP contribution in [0, 0.1) is 11.8 Å². The van der Waals surface area contributed by atoms with Crippen LogP contribution >= 0.6 is 31.9 Å². The molecule has 3 aliphatic carbocycles. The Morgan fingerprint density at radius 1 is 0.634 bits per heavy atom. The summed E-state index contributed by atoms with van der Waals surface area (Å²) in [5.41, 5.74) is 4.87. The number of ether oxygens (including phenoxy) is 1. The first kappa shape index (κ1) is 26.0. The van der Waals surface area contributed by atoms with Crippen LogP contribution in [0.1, 0.15) is 43.0 Å². The van der Waals surface area contributed by atoms with Crippen LogP contribution in [0.4, 0.5) is 5.69 Å². The van der Waals surface area contributed by atoms with Crippen molar-refractivity contribution in [1.82, 2.24) is 0 Å². The molecule has 8 heteroatoms. The van der Waals surface area contributed by atoms with Crippen molar-refractivity contribution in [3.8, 4) is 0 Å². The Morgan fingerprint density at radius 2 is 1.07 bits per heavy atom. The average molecular weight is 671 g/mol. The molecule has 1 fully saturated rings. The van der Waals surface area contributed by atoms with Crippen LogP contribution in [0.2, 0.25) is 0 Å². The molecule has 0 radical (unpaired) electrons.